The Kier molecular flexibility index (Phi) is 4.57. The molecule has 0 spiro atoms. The number of nitrogens with zero attached hydrogens (tertiary/aromatic N) is 1. The van der Waals surface area contributed by atoms with E-state index in [9.17, 15) is 4.79 Å². The molecule has 0 atom stereocenters. The Labute approximate surface area is 121 Å². The zero-order valence-electron chi connectivity index (χ0n) is 11.5. The predicted molar refractivity (Wildman–Crippen MR) is 75.5 cm³/mol. The molecular formula is C14H15NO4S. The first-order chi connectivity index (χ1) is 9.63. The summed E-state index contributed by atoms with van der Waals surface area (Å²) in [5.41, 5.74) is 0.662. The summed E-state index contributed by atoms with van der Waals surface area (Å²) >= 11 is 1.28. The van der Waals surface area contributed by atoms with Gasteiger partial charge in [0.2, 0.25) is 0 Å². The van der Waals surface area contributed by atoms with Crippen LogP contribution in [0.1, 0.15) is 20.4 Å². The molecule has 20 heavy (non-hydrogen) atoms. The molecule has 0 fully saturated rings. The molecule has 1 aromatic heterocycles. The van der Waals surface area contributed by atoms with Crippen molar-refractivity contribution in [1.82, 2.24) is 4.98 Å². The van der Waals surface area contributed by atoms with Gasteiger partial charge in [0.15, 0.2) is 0 Å². The van der Waals surface area contributed by atoms with E-state index in [0.717, 1.165) is 16.5 Å². The van der Waals surface area contributed by atoms with Gasteiger partial charge in [-0.25, -0.2) is 9.78 Å². The van der Waals surface area contributed by atoms with E-state index in [1.165, 1.54) is 18.4 Å². The van der Waals surface area contributed by atoms with E-state index in [1.54, 1.807) is 14.0 Å². The Morgan fingerprint density at radius 1 is 1.20 bits per heavy atom. The monoisotopic (exact) mass is 293 g/mol. The van der Waals surface area contributed by atoms with Crippen LogP contribution in [-0.4, -0.2) is 25.2 Å². The van der Waals surface area contributed by atoms with Gasteiger partial charge in [0, 0.05) is 0 Å². The molecule has 106 valence electrons. The smallest absolute Gasteiger partial charge is 0.349 e. The van der Waals surface area contributed by atoms with Gasteiger partial charge in [-0.1, -0.05) is 0 Å². The first kappa shape index (κ1) is 14.3. The lowest BCUT2D eigenvalue weighted by Gasteiger charge is -2.04. The lowest BCUT2D eigenvalue weighted by molar-refractivity contribution is 0.0605. The van der Waals surface area contributed by atoms with Gasteiger partial charge in [-0.15, -0.1) is 11.3 Å². The summed E-state index contributed by atoms with van der Waals surface area (Å²) in [5.74, 6) is 1.13. The third kappa shape index (κ3) is 3.27. The molecule has 5 nitrogen and oxygen atoms in total. The standard InChI is InChI=1S/C14H15NO4S/c1-9-13(14(16)18-3)20-12(15-9)8-19-11-6-4-10(17-2)5-7-11/h4-7H,8H2,1-3H3. The van der Waals surface area contributed by atoms with Crippen molar-refractivity contribution in [2.45, 2.75) is 13.5 Å². The maximum Gasteiger partial charge on any atom is 0.349 e. The topological polar surface area (TPSA) is 57.7 Å². The maximum absolute atomic E-state index is 11.5. The highest BCUT2D eigenvalue weighted by Crippen LogP contribution is 2.22. The van der Waals surface area contributed by atoms with Crippen LogP contribution in [0.25, 0.3) is 0 Å². The predicted octanol–water partition coefficient (Wildman–Crippen LogP) is 2.83. The lowest BCUT2D eigenvalue weighted by Crippen LogP contribution is -1.99. The number of thiazole rings is 1. The number of hydrogen-bond acceptors (Lipinski definition) is 6. The zero-order chi connectivity index (χ0) is 14.5. The lowest BCUT2D eigenvalue weighted by atomic mass is 10.3. The summed E-state index contributed by atoms with van der Waals surface area (Å²) in [6, 6.07) is 7.28. The Bertz CT molecular complexity index is 592. The quantitative estimate of drug-likeness (QED) is 0.793. The molecular weight excluding hydrogens is 278 g/mol. The number of methoxy groups -OCH3 is 2. The van der Waals surface area contributed by atoms with Crippen molar-refractivity contribution < 1.29 is 19.0 Å². The van der Waals surface area contributed by atoms with Gasteiger partial charge in [0.25, 0.3) is 0 Å². The average Bonchev–Trinajstić information content (AvgIpc) is 2.86. The number of hydrogen-bond donors (Lipinski definition) is 0. The molecule has 0 saturated heterocycles. The first-order valence-corrected chi connectivity index (χ1v) is 6.77. The van der Waals surface area contributed by atoms with Crippen LogP contribution in [0.4, 0.5) is 0 Å². The van der Waals surface area contributed by atoms with Crippen molar-refractivity contribution in [1.29, 1.82) is 0 Å². The van der Waals surface area contributed by atoms with Crippen LogP contribution in [0.5, 0.6) is 11.5 Å². The van der Waals surface area contributed by atoms with E-state index < -0.39 is 0 Å². The number of rotatable bonds is 5. The van der Waals surface area contributed by atoms with Crippen molar-refractivity contribution in [3.63, 3.8) is 0 Å². The molecule has 0 aliphatic heterocycles. The maximum atomic E-state index is 11.5. The number of aromatic nitrogens is 1. The third-order valence-corrected chi connectivity index (χ3v) is 3.74. The van der Waals surface area contributed by atoms with Crippen LogP contribution in [0.15, 0.2) is 24.3 Å². The summed E-state index contributed by atoms with van der Waals surface area (Å²) in [4.78, 5) is 16.3. The van der Waals surface area contributed by atoms with Crippen LogP contribution in [0.3, 0.4) is 0 Å². The van der Waals surface area contributed by atoms with Crippen LogP contribution in [-0.2, 0) is 11.3 Å². The molecule has 0 unspecified atom stereocenters. The molecule has 2 rings (SSSR count). The molecule has 1 aromatic carbocycles. The van der Waals surface area contributed by atoms with Gasteiger partial charge in [0.1, 0.15) is 28.0 Å². The fraction of sp³-hybridized carbons (Fsp3) is 0.286. The van der Waals surface area contributed by atoms with E-state index in [1.807, 2.05) is 24.3 Å². The third-order valence-electron chi connectivity index (χ3n) is 2.63. The number of carbonyl (C=O) groups excluding carboxylic acids is 1. The van der Waals surface area contributed by atoms with Gasteiger partial charge in [-0.3, -0.25) is 0 Å². The van der Waals surface area contributed by atoms with Crippen LogP contribution < -0.4 is 9.47 Å². The second-order valence-corrected chi connectivity index (χ2v) is 5.06. The highest BCUT2D eigenvalue weighted by Gasteiger charge is 2.15. The second-order valence-electron chi connectivity index (χ2n) is 3.98. The Balaban J connectivity index is 2.01. The SMILES string of the molecule is COC(=O)c1sc(COc2ccc(OC)cc2)nc1C. The molecule has 0 bridgehead atoms. The highest BCUT2D eigenvalue weighted by atomic mass is 32.1. The van der Waals surface area contributed by atoms with Crippen LogP contribution in [0.2, 0.25) is 0 Å². The van der Waals surface area contributed by atoms with Crippen LogP contribution >= 0.6 is 11.3 Å². The van der Waals surface area contributed by atoms with Crippen molar-refractivity contribution in [2.24, 2.45) is 0 Å². The number of esters is 1. The molecule has 0 aliphatic carbocycles. The minimum Gasteiger partial charge on any atom is -0.497 e. The van der Waals surface area contributed by atoms with Gasteiger partial charge in [-0.05, 0) is 31.2 Å². The Morgan fingerprint density at radius 2 is 1.85 bits per heavy atom. The highest BCUT2D eigenvalue weighted by molar-refractivity contribution is 7.13. The Morgan fingerprint density at radius 3 is 2.45 bits per heavy atom. The first-order valence-electron chi connectivity index (χ1n) is 5.95. The van der Waals surface area contributed by atoms with Crippen LogP contribution in [0, 0.1) is 6.92 Å². The molecule has 0 amide bonds. The van der Waals surface area contributed by atoms with E-state index in [2.05, 4.69) is 4.98 Å². The number of ether oxygens (including phenoxy) is 3. The summed E-state index contributed by atoms with van der Waals surface area (Å²) in [6.45, 7) is 2.09. The van der Waals surface area contributed by atoms with Crippen molar-refractivity contribution >= 4 is 17.3 Å². The molecule has 0 radical (unpaired) electrons. The average molecular weight is 293 g/mol. The van der Waals surface area contributed by atoms with Gasteiger partial charge < -0.3 is 14.2 Å². The fourth-order valence-corrected chi connectivity index (χ4v) is 2.51. The number of aryl methyl sites for hydroxylation is 1. The number of carbonyl (C=O) groups is 1. The van der Waals surface area contributed by atoms with E-state index in [-0.39, 0.29) is 5.97 Å². The van der Waals surface area contributed by atoms with Crippen molar-refractivity contribution in [3.8, 4) is 11.5 Å². The minimum atomic E-state index is -0.365. The van der Waals surface area contributed by atoms with Gasteiger partial charge >= 0.3 is 5.97 Å². The zero-order valence-corrected chi connectivity index (χ0v) is 12.3. The number of benzene rings is 1. The van der Waals surface area contributed by atoms with Crippen molar-refractivity contribution in [2.75, 3.05) is 14.2 Å². The summed E-state index contributed by atoms with van der Waals surface area (Å²) in [5, 5.41) is 0.735. The summed E-state index contributed by atoms with van der Waals surface area (Å²) in [6.07, 6.45) is 0. The van der Waals surface area contributed by atoms with Gasteiger partial charge in [0.05, 0.1) is 19.9 Å². The van der Waals surface area contributed by atoms with E-state index in [4.69, 9.17) is 14.2 Å². The van der Waals surface area contributed by atoms with E-state index in [0.29, 0.717) is 17.2 Å². The van der Waals surface area contributed by atoms with Crippen molar-refractivity contribution in [3.05, 3.63) is 39.8 Å². The summed E-state index contributed by atoms with van der Waals surface area (Å²) < 4.78 is 15.4. The minimum absolute atomic E-state index is 0.314. The molecule has 0 N–H and O–H groups in total. The molecule has 0 aliphatic rings. The Hall–Kier alpha value is -2.08. The van der Waals surface area contributed by atoms with Gasteiger partial charge in [-0.2, -0.15) is 0 Å². The van der Waals surface area contributed by atoms with E-state index >= 15 is 0 Å². The molecule has 1 heterocycles. The normalized spacial score (nSPS) is 10.2. The fourth-order valence-electron chi connectivity index (χ4n) is 1.61. The molecule has 6 heteroatoms. The summed E-state index contributed by atoms with van der Waals surface area (Å²) in [7, 11) is 2.97. The largest absolute Gasteiger partial charge is 0.497 e. The molecule has 2 aromatic rings. The second kappa shape index (κ2) is 6.38. The molecule has 0 saturated carbocycles.